The first kappa shape index (κ1) is 14.0. The third-order valence-electron chi connectivity index (χ3n) is 2.95. The number of ketones is 1. The van der Waals surface area contributed by atoms with Crippen LogP contribution in [0.15, 0.2) is 18.2 Å². The number of Topliss-reactive ketones (excluding diaryl/α,β-unsaturated/α-hetero) is 1. The quantitative estimate of drug-likeness (QED) is 0.449. The lowest BCUT2D eigenvalue weighted by Gasteiger charge is -2.29. The van der Waals surface area contributed by atoms with Crippen molar-refractivity contribution in [3.05, 3.63) is 27.3 Å². The molecule has 1 aromatic carbocycles. The maximum Gasteiger partial charge on any atom is 0.326 e. The monoisotopic (exact) mass is 373 g/mol. The first-order chi connectivity index (χ1) is 8.97. The van der Waals surface area contributed by atoms with Gasteiger partial charge in [0.25, 0.3) is 0 Å². The summed E-state index contributed by atoms with van der Waals surface area (Å²) in [4.78, 5) is 37.5. The summed E-state index contributed by atoms with van der Waals surface area (Å²) in [5.74, 6) is -3.20. The van der Waals surface area contributed by atoms with Gasteiger partial charge in [-0.15, -0.1) is 0 Å². The topological polar surface area (TPSA) is 63.7 Å². The molecule has 0 bridgehead atoms. The van der Waals surface area contributed by atoms with Gasteiger partial charge in [-0.2, -0.15) is 0 Å². The van der Waals surface area contributed by atoms with Crippen molar-refractivity contribution in [3.63, 3.8) is 0 Å². The van der Waals surface area contributed by atoms with Gasteiger partial charge in [0.1, 0.15) is 0 Å². The van der Waals surface area contributed by atoms with Crippen molar-refractivity contribution in [2.24, 2.45) is 5.92 Å². The lowest BCUT2D eigenvalue weighted by molar-refractivity contribution is -0.149. The van der Waals surface area contributed by atoms with Crippen LogP contribution < -0.4 is 4.90 Å². The highest BCUT2D eigenvalue weighted by Gasteiger charge is 2.43. The number of hydrogen-bond acceptors (Lipinski definition) is 4. The van der Waals surface area contributed by atoms with E-state index in [1.165, 1.54) is 4.90 Å². The van der Waals surface area contributed by atoms with Gasteiger partial charge in [0, 0.05) is 16.2 Å². The number of esters is 1. The van der Waals surface area contributed by atoms with E-state index in [1.807, 2.05) is 0 Å². The van der Waals surface area contributed by atoms with Crippen LogP contribution in [0.2, 0.25) is 0 Å². The number of hydrogen-bond donors (Lipinski definition) is 0. The first-order valence-electron chi connectivity index (χ1n) is 5.75. The summed E-state index contributed by atoms with van der Waals surface area (Å²) in [7, 11) is 1.55. The number of anilines is 1. The maximum absolute atomic E-state index is 12.2. The third-order valence-corrected chi connectivity index (χ3v) is 3.62. The second-order valence-electron chi connectivity index (χ2n) is 4.11. The molecule has 0 spiro atoms. The Morgan fingerprint density at radius 2 is 2.11 bits per heavy atom. The molecular weight excluding hydrogens is 361 g/mol. The van der Waals surface area contributed by atoms with Crippen molar-refractivity contribution in [3.8, 4) is 0 Å². The van der Waals surface area contributed by atoms with Gasteiger partial charge in [0.15, 0.2) is 11.7 Å². The van der Waals surface area contributed by atoms with Crippen molar-refractivity contribution in [2.75, 3.05) is 18.6 Å². The van der Waals surface area contributed by atoms with Gasteiger partial charge in [-0.25, -0.2) is 0 Å². The summed E-state index contributed by atoms with van der Waals surface area (Å²) in [6, 6.07) is 5.14. The normalized spacial score (nSPS) is 18.3. The van der Waals surface area contributed by atoms with Crippen molar-refractivity contribution >= 4 is 45.9 Å². The van der Waals surface area contributed by atoms with E-state index in [0.717, 1.165) is 3.57 Å². The maximum atomic E-state index is 12.2. The number of carbonyl (C=O) groups excluding carboxylic acids is 3. The number of carbonyl (C=O) groups is 3. The molecule has 19 heavy (non-hydrogen) atoms. The van der Waals surface area contributed by atoms with Gasteiger partial charge >= 0.3 is 5.97 Å². The number of fused-ring (bicyclic) bond motifs is 1. The second kappa shape index (κ2) is 5.28. The van der Waals surface area contributed by atoms with Crippen molar-refractivity contribution in [2.45, 2.75) is 6.92 Å². The highest BCUT2D eigenvalue weighted by molar-refractivity contribution is 14.1. The van der Waals surface area contributed by atoms with Crippen LogP contribution in [0.4, 0.5) is 5.69 Å². The Hall–Kier alpha value is -1.44. The molecule has 1 heterocycles. The van der Waals surface area contributed by atoms with Crippen LogP contribution in [-0.2, 0) is 14.3 Å². The van der Waals surface area contributed by atoms with Crippen molar-refractivity contribution in [1.29, 1.82) is 0 Å². The van der Waals surface area contributed by atoms with Gasteiger partial charge in [0.2, 0.25) is 5.91 Å². The predicted octanol–water partition coefficient (Wildman–Crippen LogP) is 1.63. The molecule has 0 saturated carbocycles. The van der Waals surface area contributed by atoms with Crippen LogP contribution in [-0.4, -0.2) is 31.3 Å². The fraction of sp³-hybridized carbons (Fsp3) is 0.308. The van der Waals surface area contributed by atoms with Gasteiger partial charge in [0.05, 0.1) is 12.3 Å². The lowest BCUT2D eigenvalue weighted by atomic mass is 9.90. The lowest BCUT2D eigenvalue weighted by Crippen LogP contribution is -2.46. The van der Waals surface area contributed by atoms with E-state index in [4.69, 9.17) is 4.74 Å². The average molecular weight is 373 g/mol. The van der Waals surface area contributed by atoms with E-state index < -0.39 is 23.6 Å². The van der Waals surface area contributed by atoms with Crippen molar-refractivity contribution in [1.82, 2.24) is 0 Å². The number of ether oxygens (including phenoxy) is 1. The molecule has 0 saturated heterocycles. The van der Waals surface area contributed by atoms with E-state index in [1.54, 1.807) is 32.2 Å². The van der Waals surface area contributed by atoms with Crippen LogP contribution in [0.1, 0.15) is 17.3 Å². The smallest absolute Gasteiger partial charge is 0.326 e. The summed E-state index contributed by atoms with van der Waals surface area (Å²) in [5, 5.41) is 0. The molecule has 0 radical (unpaired) electrons. The molecule has 5 nitrogen and oxygen atoms in total. The number of halogens is 1. The summed E-state index contributed by atoms with van der Waals surface area (Å²) in [5.41, 5.74) is 0.906. The van der Waals surface area contributed by atoms with Gasteiger partial charge in [-0.05, 0) is 47.7 Å². The molecule has 0 N–H and O–H groups in total. The van der Waals surface area contributed by atoms with E-state index >= 15 is 0 Å². The molecule has 1 amide bonds. The highest BCUT2D eigenvalue weighted by atomic mass is 127. The van der Waals surface area contributed by atoms with E-state index in [0.29, 0.717) is 11.3 Å². The van der Waals surface area contributed by atoms with Crippen LogP contribution in [0.5, 0.6) is 0 Å². The highest BCUT2D eigenvalue weighted by Crippen LogP contribution is 2.31. The zero-order valence-electron chi connectivity index (χ0n) is 10.5. The Morgan fingerprint density at radius 1 is 1.42 bits per heavy atom. The third kappa shape index (κ3) is 2.36. The van der Waals surface area contributed by atoms with Crippen LogP contribution >= 0.6 is 22.6 Å². The SMILES string of the molecule is CCOC(=O)C1C(=O)c2ccc(I)cc2N(C)C1=O. The fourth-order valence-electron chi connectivity index (χ4n) is 2.00. The van der Waals surface area contributed by atoms with E-state index in [2.05, 4.69) is 22.6 Å². The number of nitrogens with zero attached hydrogens (tertiary/aromatic N) is 1. The van der Waals surface area contributed by atoms with Crippen LogP contribution in [0, 0.1) is 9.49 Å². The molecule has 1 aliphatic rings. The Kier molecular flexibility index (Phi) is 3.88. The van der Waals surface area contributed by atoms with E-state index in [-0.39, 0.29) is 6.61 Å². The molecule has 6 heteroatoms. The molecule has 0 aromatic heterocycles. The molecule has 2 rings (SSSR count). The Labute approximate surface area is 124 Å². The largest absolute Gasteiger partial charge is 0.465 e. The number of benzene rings is 1. The number of rotatable bonds is 2. The van der Waals surface area contributed by atoms with Crippen molar-refractivity contribution < 1.29 is 19.1 Å². The molecule has 1 aliphatic heterocycles. The Morgan fingerprint density at radius 3 is 2.74 bits per heavy atom. The molecule has 0 aliphatic carbocycles. The Balaban J connectivity index is 2.49. The predicted molar refractivity (Wildman–Crippen MR) is 77.0 cm³/mol. The molecule has 0 fully saturated rings. The van der Waals surface area contributed by atoms with E-state index in [9.17, 15) is 14.4 Å². The van der Waals surface area contributed by atoms with Crippen LogP contribution in [0.3, 0.4) is 0 Å². The molecular formula is C13H12INO4. The van der Waals surface area contributed by atoms with Gasteiger partial charge in [-0.3, -0.25) is 14.4 Å². The molecule has 100 valence electrons. The zero-order valence-corrected chi connectivity index (χ0v) is 12.6. The minimum atomic E-state index is -1.38. The summed E-state index contributed by atoms with van der Waals surface area (Å²) < 4.78 is 5.72. The fourth-order valence-corrected chi connectivity index (χ4v) is 2.48. The minimum Gasteiger partial charge on any atom is -0.465 e. The summed E-state index contributed by atoms with van der Waals surface area (Å²) in [6.07, 6.45) is 0. The molecule has 1 unspecified atom stereocenters. The molecule has 1 atom stereocenters. The molecule has 1 aromatic rings. The Bertz CT molecular complexity index is 570. The minimum absolute atomic E-state index is 0.138. The van der Waals surface area contributed by atoms with Gasteiger partial charge < -0.3 is 9.64 Å². The first-order valence-corrected chi connectivity index (χ1v) is 6.83. The standard InChI is InChI=1S/C13H12INO4/c1-3-19-13(18)10-11(16)8-5-4-7(14)6-9(8)15(2)12(10)17/h4-6,10H,3H2,1-2H3. The summed E-state index contributed by atoms with van der Waals surface area (Å²) >= 11 is 2.10. The van der Waals surface area contributed by atoms with Gasteiger partial charge in [-0.1, -0.05) is 0 Å². The van der Waals surface area contributed by atoms with Crippen LogP contribution in [0.25, 0.3) is 0 Å². The zero-order chi connectivity index (χ0) is 14.2. The second-order valence-corrected chi connectivity index (χ2v) is 5.35. The average Bonchev–Trinajstić information content (AvgIpc) is 2.36. The number of amides is 1. The summed E-state index contributed by atoms with van der Waals surface area (Å²) in [6.45, 7) is 1.77.